The van der Waals surface area contributed by atoms with Gasteiger partial charge in [0.25, 0.3) is 5.91 Å². The van der Waals surface area contributed by atoms with Gasteiger partial charge in [-0.15, -0.1) is 11.3 Å². The Kier molecular flexibility index (Phi) is 4.88. The fourth-order valence-electron chi connectivity index (χ4n) is 1.99. The first-order valence-corrected chi connectivity index (χ1v) is 8.08. The number of anilines is 1. The second-order valence-corrected chi connectivity index (χ2v) is 7.42. The SMILES string of the molecule is CC(C)n1cc(N)cc1C(=O)NCCc1ccc(Br)s1. The molecule has 6 heteroatoms. The average molecular weight is 356 g/mol. The molecule has 1 amide bonds. The maximum Gasteiger partial charge on any atom is 0.268 e. The molecule has 0 saturated heterocycles. The van der Waals surface area contributed by atoms with Gasteiger partial charge >= 0.3 is 0 Å². The minimum absolute atomic E-state index is 0.0778. The molecule has 0 radical (unpaired) electrons. The van der Waals surface area contributed by atoms with Crippen LogP contribution in [-0.4, -0.2) is 17.0 Å². The van der Waals surface area contributed by atoms with Crippen molar-refractivity contribution in [3.05, 3.63) is 38.8 Å². The number of nitrogens with one attached hydrogen (secondary N) is 1. The first-order chi connectivity index (χ1) is 9.47. The summed E-state index contributed by atoms with van der Waals surface area (Å²) in [6.07, 6.45) is 2.63. The summed E-state index contributed by atoms with van der Waals surface area (Å²) in [6.45, 7) is 4.67. The van der Waals surface area contributed by atoms with E-state index in [0.717, 1.165) is 10.2 Å². The maximum atomic E-state index is 12.2. The van der Waals surface area contributed by atoms with E-state index in [1.54, 1.807) is 23.6 Å². The monoisotopic (exact) mass is 355 g/mol. The molecule has 2 aromatic heterocycles. The number of nitrogens with zero attached hydrogens (tertiary/aromatic N) is 1. The Morgan fingerprint density at radius 3 is 2.85 bits per heavy atom. The molecule has 0 fully saturated rings. The van der Waals surface area contributed by atoms with Gasteiger partial charge < -0.3 is 15.6 Å². The molecule has 108 valence electrons. The third-order valence-corrected chi connectivity index (χ3v) is 4.63. The lowest BCUT2D eigenvalue weighted by Crippen LogP contribution is -2.28. The van der Waals surface area contributed by atoms with Crippen LogP contribution in [0.2, 0.25) is 0 Å². The van der Waals surface area contributed by atoms with E-state index in [2.05, 4.69) is 27.3 Å². The van der Waals surface area contributed by atoms with Crippen LogP contribution in [0.5, 0.6) is 0 Å². The van der Waals surface area contributed by atoms with E-state index >= 15 is 0 Å². The van der Waals surface area contributed by atoms with E-state index < -0.39 is 0 Å². The lowest BCUT2D eigenvalue weighted by molar-refractivity contribution is 0.0943. The van der Waals surface area contributed by atoms with Gasteiger partial charge in [-0.25, -0.2) is 0 Å². The van der Waals surface area contributed by atoms with Crippen molar-refractivity contribution in [2.45, 2.75) is 26.3 Å². The zero-order chi connectivity index (χ0) is 14.7. The van der Waals surface area contributed by atoms with Crippen LogP contribution in [0.1, 0.15) is 35.3 Å². The van der Waals surface area contributed by atoms with Gasteiger partial charge in [0.15, 0.2) is 0 Å². The number of nitrogens with two attached hydrogens (primary N) is 1. The first kappa shape index (κ1) is 15.1. The number of carbonyl (C=O) groups is 1. The molecule has 2 rings (SSSR count). The highest BCUT2D eigenvalue weighted by Crippen LogP contribution is 2.22. The molecule has 0 aromatic carbocycles. The van der Waals surface area contributed by atoms with Gasteiger partial charge in [-0.2, -0.15) is 0 Å². The molecule has 0 atom stereocenters. The summed E-state index contributed by atoms with van der Waals surface area (Å²) in [7, 11) is 0. The van der Waals surface area contributed by atoms with Crippen LogP contribution in [0.3, 0.4) is 0 Å². The Balaban J connectivity index is 1.95. The lowest BCUT2D eigenvalue weighted by atomic mass is 10.3. The lowest BCUT2D eigenvalue weighted by Gasteiger charge is -2.12. The second-order valence-electron chi connectivity index (χ2n) is 4.87. The molecule has 0 aliphatic rings. The van der Waals surface area contributed by atoms with E-state index in [4.69, 9.17) is 5.73 Å². The van der Waals surface area contributed by atoms with E-state index in [9.17, 15) is 4.79 Å². The van der Waals surface area contributed by atoms with Gasteiger partial charge in [-0.1, -0.05) is 0 Å². The van der Waals surface area contributed by atoms with E-state index in [1.807, 2.05) is 24.5 Å². The van der Waals surface area contributed by atoms with Gasteiger partial charge in [0.05, 0.1) is 9.47 Å². The topological polar surface area (TPSA) is 60.0 Å². The summed E-state index contributed by atoms with van der Waals surface area (Å²) < 4.78 is 3.01. The fraction of sp³-hybridized carbons (Fsp3) is 0.357. The summed E-state index contributed by atoms with van der Waals surface area (Å²) in [5.41, 5.74) is 7.01. The number of hydrogen-bond acceptors (Lipinski definition) is 3. The first-order valence-electron chi connectivity index (χ1n) is 6.47. The Labute approximate surface area is 131 Å². The molecule has 0 spiro atoms. The van der Waals surface area contributed by atoms with Gasteiger partial charge in [0.1, 0.15) is 5.69 Å². The van der Waals surface area contributed by atoms with Crippen molar-refractivity contribution in [3.8, 4) is 0 Å². The van der Waals surface area contributed by atoms with Gasteiger partial charge in [-0.05, 0) is 54.4 Å². The van der Waals surface area contributed by atoms with Crippen LogP contribution >= 0.6 is 27.3 Å². The van der Waals surface area contributed by atoms with Crippen LogP contribution < -0.4 is 11.1 Å². The predicted molar refractivity (Wildman–Crippen MR) is 87.3 cm³/mol. The maximum absolute atomic E-state index is 12.2. The molecular formula is C14H18BrN3OS. The fourth-order valence-corrected chi connectivity index (χ4v) is 3.47. The molecule has 20 heavy (non-hydrogen) atoms. The highest BCUT2D eigenvalue weighted by Gasteiger charge is 2.14. The zero-order valence-electron chi connectivity index (χ0n) is 11.5. The summed E-state index contributed by atoms with van der Waals surface area (Å²) >= 11 is 5.12. The van der Waals surface area contributed by atoms with E-state index in [0.29, 0.717) is 17.9 Å². The number of halogens is 1. The van der Waals surface area contributed by atoms with Gasteiger partial charge in [-0.3, -0.25) is 4.79 Å². The Morgan fingerprint density at radius 2 is 2.25 bits per heavy atom. The number of amides is 1. The van der Waals surface area contributed by atoms with E-state index in [1.165, 1.54) is 4.88 Å². The number of aromatic nitrogens is 1. The largest absolute Gasteiger partial charge is 0.397 e. The molecule has 3 N–H and O–H groups in total. The van der Waals surface area contributed by atoms with Crippen LogP contribution in [0.15, 0.2) is 28.2 Å². The third kappa shape index (κ3) is 3.64. The van der Waals surface area contributed by atoms with Crippen molar-refractivity contribution in [2.24, 2.45) is 0 Å². The highest BCUT2D eigenvalue weighted by atomic mass is 79.9. The summed E-state index contributed by atoms with van der Waals surface area (Å²) in [6, 6.07) is 6.01. The van der Waals surface area contributed by atoms with E-state index in [-0.39, 0.29) is 11.9 Å². The summed E-state index contributed by atoms with van der Waals surface area (Å²) in [5.74, 6) is -0.0778. The highest BCUT2D eigenvalue weighted by molar-refractivity contribution is 9.11. The molecule has 4 nitrogen and oxygen atoms in total. The molecule has 0 bridgehead atoms. The predicted octanol–water partition coefficient (Wildman–Crippen LogP) is 3.45. The van der Waals surface area contributed by atoms with Crippen molar-refractivity contribution in [1.29, 1.82) is 0 Å². The number of nitrogen functional groups attached to an aromatic ring is 1. The number of hydrogen-bond donors (Lipinski definition) is 2. The summed E-state index contributed by atoms with van der Waals surface area (Å²) in [4.78, 5) is 13.4. The molecular weight excluding hydrogens is 338 g/mol. The van der Waals surface area contributed by atoms with Gasteiger partial charge in [0.2, 0.25) is 0 Å². The quantitative estimate of drug-likeness (QED) is 0.862. The second kappa shape index (κ2) is 6.45. The smallest absolute Gasteiger partial charge is 0.268 e. The number of thiophene rings is 1. The Morgan fingerprint density at radius 1 is 1.50 bits per heavy atom. The normalized spacial score (nSPS) is 11.0. The molecule has 2 heterocycles. The van der Waals surface area contributed by atoms with Crippen molar-refractivity contribution < 1.29 is 4.79 Å². The minimum atomic E-state index is -0.0778. The Bertz CT molecular complexity index is 603. The third-order valence-electron chi connectivity index (χ3n) is 2.94. The molecule has 0 unspecified atom stereocenters. The van der Waals surface area contributed by atoms with Crippen LogP contribution in [-0.2, 0) is 6.42 Å². The Hall–Kier alpha value is -1.27. The molecule has 0 saturated carbocycles. The summed E-state index contributed by atoms with van der Waals surface area (Å²) in [5, 5.41) is 2.94. The van der Waals surface area contributed by atoms with Crippen LogP contribution in [0.25, 0.3) is 0 Å². The van der Waals surface area contributed by atoms with Crippen LogP contribution in [0.4, 0.5) is 5.69 Å². The number of carbonyl (C=O) groups excluding carboxylic acids is 1. The minimum Gasteiger partial charge on any atom is -0.397 e. The molecule has 0 aliphatic heterocycles. The van der Waals surface area contributed by atoms with Crippen molar-refractivity contribution in [3.63, 3.8) is 0 Å². The standard InChI is InChI=1S/C14H18BrN3OS/c1-9(2)18-8-10(16)7-12(18)14(19)17-6-5-11-3-4-13(15)20-11/h3-4,7-9H,5-6,16H2,1-2H3,(H,17,19). The average Bonchev–Trinajstić information content (AvgIpc) is 2.95. The number of rotatable bonds is 5. The molecule has 2 aromatic rings. The van der Waals surface area contributed by atoms with Crippen LogP contribution in [0, 0.1) is 0 Å². The van der Waals surface area contributed by atoms with Crippen molar-refractivity contribution >= 4 is 38.9 Å². The van der Waals surface area contributed by atoms with Gasteiger partial charge in [0, 0.05) is 23.7 Å². The van der Waals surface area contributed by atoms with Crippen molar-refractivity contribution in [1.82, 2.24) is 9.88 Å². The van der Waals surface area contributed by atoms with Crippen molar-refractivity contribution in [2.75, 3.05) is 12.3 Å². The molecule has 0 aliphatic carbocycles. The zero-order valence-corrected chi connectivity index (χ0v) is 13.9.